The van der Waals surface area contributed by atoms with E-state index >= 15 is 0 Å². The van der Waals surface area contributed by atoms with Gasteiger partial charge in [0.25, 0.3) is 0 Å². The summed E-state index contributed by atoms with van der Waals surface area (Å²) >= 11 is 11.6. The highest BCUT2D eigenvalue weighted by Gasteiger charge is 2.08. The fraction of sp³-hybridized carbons (Fsp3) is 0. The molecule has 0 aliphatic rings. The second kappa shape index (κ2) is 4.69. The van der Waals surface area contributed by atoms with Gasteiger partial charge in [-0.05, 0) is 54.7 Å². The van der Waals surface area contributed by atoms with Gasteiger partial charge in [-0.1, -0.05) is 17.7 Å². The standard InChI is InChI=1S/C16H10ClN3S/c17-11-3-5-14-15(9-11)20(16(21)19-14)12-4-6-13-10(8-12)2-1-7-18-13/h1-9H,(H,19,21). The van der Waals surface area contributed by atoms with Crippen molar-refractivity contribution in [2.45, 2.75) is 0 Å². The number of benzene rings is 2. The monoisotopic (exact) mass is 311 g/mol. The lowest BCUT2D eigenvalue weighted by Crippen LogP contribution is -1.94. The molecular formula is C16H10ClN3S. The van der Waals surface area contributed by atoms with Gasteiger partial charge in [0.05, 0.1) is 16.6 Å². The maximum atomic E-state index is 6.11. The van der Waals surface area contributed by atoms with Crippen molar-refractivity contribution in [2.24, 2.45) is 0 Å². The Kier molecular flexibility index (Phi) is 2.80. The molecule has 5 heteroatoms. The first kappa shape index (κ1) is 12.6. The van der Waals surface area contributed by atoms with E-state index in [-0.39, 0.29) is 0 Å². The summed E-state index contributed by atoms with van der Waals surface area (Å²) in [7, 11) is 0. The van der Waals surface area contributed by atoms with Gasteiger partial charge < -0.3 is 4.98 Å². The van der Waals surface area contributed by atoms with Gasteiger partial charge in [-0.3, -0.25) is 9.55 Å². The van der Waals surface area contributed by atoms with Crippen LogP contribution in [-0.4, -0.2) is 14.5 Å². The van der Waals surface area contributed by atoms with E-state index in [1.165, 1.54) is 0 Å². The van der Waals surface area contributed by atoms with E-state index in [1.54, 1.807) is 6.20 Å². The molecule has 3 nitrogen and oxygen atoms in total. The topological polar surface area (TPSA) is 33.6 Å². The number of pyridine rings is 1. The minimum atomic E-state index is 0.649. The number of imidazole rings is 1. The van der Waals surface area contributed by atoms with E-state index in [0.29, 0.717) is 9.79 Å². The summed E-state index contributed by atoms with van der Waals surface area (Å²) < 4.78 is 2.64. The zero-order valence-corrected chi connectivity index (χ0v) is 12.4. The van der Waals surface area contributed by atoms with Crippen molar-refractivity contribution in [3.63, 3.8) is 0 Å². The van der Waals surface area contributed by atoms with E-state index in [0.717, 1.165) is 27.6 Å². The Bertz CT molecular complexity index is 1030. The summed E-state index contributed by atoms with van der Waals surface area (Å²) in [6.07, 6.45) is 1.79. The average Bonchev–Trinajstić information content (AvgIpc) is 2.82. The molecule has 21 heavy (non-hydrogen) atoms. The first-order valence-corrected chi connectivity index (χ1v) is 7.26. The number of nitrogens with one attached hydrogen (secondary N) is 1. The molecule has 0 fully saturated rings. The number of nitrogens with zero attached hydrogens (tertiary/aromatic N) is 2. The van der Waals surface area contributed by atoms with Gasteiger partial charge in [-0.2, -0.15) is 0 Å². The maximum absolute atomic E-state index is 6.11. The van der Waals surface area contributed by atoms with Gasteiger partial charge in [-0.25, -0.2) is 0 Å². The number of hydrogen-bond donors (Lipinski definition) is 1. The summed E-state index contributed by atoms with van der Waals surface area (Å²) in [5.41, 5.74) is 3.89. The van der Waals surface area contributed by atoms with Gasteiger partial charge in [0.1, 0.15) is 0 Å². The van der Waals surface area contributed by atoms with Crippen LogP contribution in [0, 0.1) is 4.77 Å². The average molecular weight is 312 g/mol. The van der Waals surface area contributed by atoms with Crippen LogP contribution >= 0.6 is 23.8 Å². The molecule has 4 aromatic rings. The Hall–Kier alpha value is -2.17. The molecule has 0 radical (unpaired) electrons. The molecule has 0 unspecified atom stereocenters. The van der Waals surface area contributed by atoms with Crippen molar-refractivity contribution in [1.29, 1.82) is 0 Å². The summed E-state index contributed by atoms with van der Waals surface area (Å²) in [6, 6.07) is 15.8. The van der Waals surface area contributed by atoms with Gasteiger partial charge in [0.2, 0.25) is 0 Å². The lowest BCUT2D eigenvalue weighted by molar-refractivity contribution is 1.07. The highest BCUT2D eigenvalue weighted by molar-refractivity contribution is 7.71. The molecule has 0 atom stereocenters. The van der Waals surface area contributed by atoms with Crippen LogP contribution in [0.4, 0.5) is 0 Å². The number of halogens is 1. The zero-order valence-electron chi connectivity index (χ0n) is 10.9. The third kappa shape index (κ3) is 2.04. The van der Waals surface area contributed by atoms with Crippen molar-refractivity contribution < 1.29 is 0 Å². The summed E-state index contributed by atoms with van der Waals surface area (Å²) in [4.78, 5) is 7.54. The quantitative estimate of drug-likeness (QED) is 0.508. The number of aromatic amines is 1. The second-order valence-electron chi connectivity index (χ2n) is 4.81. The molecule has 0 bridgehead atoms. The van der Waals surface area contributed by atoms with Crippen molar-refractivity contribution in [3.05, 3.63) is 64.5 Å². The van der Waals surface area contributed by atoms with Crippen molar-refractivity contribution in [1.82, 2.24) is 14.5 Å². The Morgan fingerprint density at radius 2 is 2.00 bits per heavy atom. The van der Waals surface area contributed by atoms with E-state index < -0.39 is 0 Å². The van der Waals surface area contributed by atoms with Gasteiger partial charge in [0.15, 0.2) is 4.77 Å². The molecule has 0 saturated heterocycles. The Morgan fingerprint density at radius 1 is 1.10 bits per heavy atom. The van der Waals surface area contributed by atoms with Crippen molar-refractivity contribution in [3.8, 4) is 5.69 Å². The van der Waals surface area contributed by atoms with Crippen LogP contribution < -0.4 is 0 Å². The van der Waals surface area contributed by atoms with Crippen LogP contribution in [0.3, 0.4) is 0 Å². The minimum Gasteiger partial charge on any atom is -0.330 e. The third-order valence-electron chi connectivity index (χ3n) is 3.49. The maximum Gasteiger partial charge on any atom is 0.182 e. The third-order valence-corrected chi connectivity index (χ3v) is 4.01. The first-order chi connectivity index (χ1) is 10.2. The van der Waals surface area contributed by atoms with Crippen LogP contribution in [-0.2, 0) is 0 Å². The summed E-state index contributed by atoms with van der Waals surface area (Å²) in [5.74, 6) is 0. The lowest BCUT2D eigenvalue weighted by atomic mass is 10.2. The molecule has 2 aromatic carbocycles. The van der Waals surface area contributed by atoms with Gasteiger partial charge >= 0.3 is 0 Å². The molecule has 0 aliphatic heterocycles. The molecule has 0 aliphatic carbocycles. The highest BCUT2D eigenvalue weighted by atomic mass is 35.5. The van der Waals surface area contributed by atoms with Crippen molar-refractivity contribution >= 4 is 45.8 Å². The predicted octanol–water partition coefficient (Wildman–Crippen LogP) is 4.89. The minimum absolute atomic E-state index is 0.649. The van der Waals surface area contributed by atoms with Crippen LogP contribution in [0.1, 0.15) is 0 Å². The molecular weight excluding hydrogens is 302 g/mol. The molecule has 0 spiro atoms. The molecule has 0 amide bonds. The zero-order chi connectivity index (χ0) is 14.4. The van der Waals surface area contributed by atoms with E-state index in [4.69, 9.17) is 23.8 Å². The Morgan fingerprint density at radius 3 is 2.90 bits per heavy atom. The number of hydrogen-bond acceptors (Lipinski definition) is 2. The Balaban J connectivity index is 2.05. The molecule has 4 rings (SSSR count). The smallest absolute Gasteiger partial charge is 0.182 e. The normalized spacial score (nSPS) is 11.3. The van der Waals surface area contributed by atoms with Gasteiger partial charge in [-0.15, -0.1) is 0 Å². The molecule has 2 heterocycles. The largest absolute Gasteiger partial charge is 0.330 e. The van der Waals surface area contributed by atoms with Crippen LogP contribution in [0.25, 0.3) is 27.6 Å². The summed E-state index contributed by atoms with van der Waals surface area (Å²) in [6.45, 7) is 0. The molecule has 0 saturated carbocycles. The SMILES string of the molecule is S=c1[nH]c2ccc(Cl)cc2n1-c1ccc2ncccc2c1. The van der Waals surface area contributed by atoms with E-state index in [2.05, 4.69) is 16.0 Å². The first-order valence-electron chi connectivity index (χ1n) is 6.48. The highest BCUT2D eigenvalue weighted by Crippen LogP contribution is 2.24. The summed E-state index contributed by atoms with van der Waals surface area (Å²) in [5, 5.41) is 1.76. The molecule has 1 N–H and O–H groups in total. The number of rotatable bonds is 1. The fourth-order valence-corrected chi connectivity index (χ4v) is 3.01. The van der Waals surface area contributed by atoms with Crippen molar-refractivity contribution in [2.75, 3.05) is 0 Å². The van der Waals surface area contributed by atoms with Crippen LogP contribution in [0.5, 0.6) is 0 Å². The fourth-order valence-electron chi connectivity index (χ4n) is 2.53. The van der Waals surface area contributed by atoms with E-state index in [1.807, 2.05) is 47.0 Å². The number of H-pyrrole nitrogens is 1. The second-order valence-corrected chi connectivity index (χ2v) is 5.63. The van der Waals surface area contributed by atoms with Crippen LogP contribution in [0.2, 0.25) is 5.02 Å². The Labute approximate surface area is 130 Å². The number of fused-ring (bicyclic) bond motifs is 2. The predicted molar refractivity (Wildman–Crippen MR) is 88.8 cm³/mol. The molecule has 102 valence electrons. The molecule has 2 aromatic heterocycles. The van der Waals surface area contributed by atoms with E-state index in [9.17, 15) is 0 Å². The lowest BCUT2D eigenvalue weighted by Gasteiger charge is -2.06. The van der Waals surface area contributed by atoms with Gasteiger partial charge in [0, 0.05) is 22.3 Å². The number of aromatic nitrogens is 3. The van der Waals surface area contributed by atoms with Crippen LogP contribution in [0.15, 0.2) is 54.7 Å².